The van der Waals surface area contributed by atoms with Gasteiger partial charge in [-0.3, -0.25) is 4.90 Å². The number of nitrogens with zero attached hydrogens (tertiary/aromatic N) is 2. The molecule has 0 radical (unpaired) electrons. The maximum atomic E-state index is 12.8. The van der Waals surface area contributed by atoms with E-state index in [1.807, 2.05) is 6.92 Å². The number of nitrogens with one attached hydrogen (secondary N) is 1. The molecule has 4 aliphatic rings. The lowest BCUT2D eigenvalue weighted by molar-refractivity contribution is -0.173. The van der Waals surface area contributed by atoms with Gasteiger partial charge in [0.1, 0.15) is 5.54 Å². The highest BCUT2D eigenvalue weighted by Gasteiger charge is 2.56. The molecule has 1 unspecified atom stereocenters. The van der Waals surface area contributed by atoms with Crippen molar-refractivity contribution in [3.8, 4) is 0 Å². The van der Waals surface area contributed by atoms with Crippen LogP contribution in [0.2, 0.25) is 0 Å². The number of hydrogen-bond acceptors (Lipinski definition) is 5. The Balaban J connectivity index is 1.88. The maximum absolute atomic E-state index is 12.8. The molecule has 4 saturated heterocycles. The molecule has 4 heterocycles. The monoisotopic (exact) mass is 281 g/mol. The fourth-order valence-corrected chi connectivity index (χ4v) is 4.26. The van der Waals surface area contributed by atoms with Crippen molar-refractivity contribution in [3.05, 3.63) is 0 Å². The van der Waals surface area contributed by atoms with Gasteiger partial charge in [-0.15, -0.1) is 0 Å². The van der Waals surface area contributed by atoms with Gasteiger partial charge in [-0.1, -0.05) is 0 Å². The zero-order chi connectivity index (χ0) is 14.0. The van der Waals surface area contributed by atoms with Crippen LogP contribution in [-0.4, -0.2) is 73.7 Å². The number of rotatable bonds is 3. The largest absolute Gasteiger partial charge is 0.465 e. The number of carbonyl (C=O) groups excluding carboxylic acids is 1. The van der Waals surface area contributed by atoms with Gasteiger partial charge in [0.25, 0.3) is 0 Å². The average molecular weight is 281 g/mol. The minimum absolute atomic E-state index is 0.0244. The second-order valence-electron chi connectivity index (χ2n) is 6.29. The molecule has 1 atom stereocenters. The highest BCUT2D eigenvalue weighted by molar-refractivity contribution is 5.82. The second-order valence-corrected chi connectivity index (χ2v) is 6.29. The SMILES string of the molecule is CCOC(=O)C1(N2CCCNCC2)CN2CCC1CC2. The summed E-state index contributed by atoms with van der Waals surface area (Å²) in [4.78, 5) is 17.7. The summed E-state index contributed by atoms with van der Waals surface area (Å²) in [5, 5.41) is 3.44. The minimum atomic E-state index is -0.376. The zero-order valence-electron chi connectivity index (χ0n) is 12.6. The highest BCUT2D eigenvalue weighted by Crippen LogP contribution is 2.41. The Morgan fingerprint density at radius 2 is 2.05 bits per heavy atom. The van der Waals surface area contributed by atoms with Gasteiger partial charge in [-0.05, 0) is 51.7 Å². The first-order chi connectivity index (χ1) is 9.77. The standard InChI is InChI=1S/C15H27N3O2/c1-2-20-14(19)15(18-8-3-6-16-7-11-18)12-17-9-4-13(15)5-10-17/h13,16H,2-12H2,1H3. The van der Waals surface area contributed by atoms with E-state index in [9.17, 15) is 4.79 Å². The predicted molar refractivity (Wildman–Crippen MR) is 77.6 cm³/mol. The lowest BCUT2D eigenvalue weighted by Gasteiger charge is -2.55. The Morgan fingerprint density at radius 3 is 2.70 bits per heavy atom. The summed E-state index contributed by atoms with van der Waals surface area (Å²) in [6.45, 7) is 9.58. The van der Waals surface area contributed by atoms with Crippen LogP contribution in [0.3, 0.4) is 0 Å². The number of carbonyl (C=O) groups is 1. The van der Waals surface area contributed by atoms with E-state index in [4.69, 9.17) is 4.74 Å². The third-order valence-corrected chi connectivity index (χ3v) is 5.26. The Bertz CT molecular complexity index is 347. The van der Waals surface area contributed by atoms with Crippen molar-refractivity contribution >= 4 is 5.97 Å². The lowest BCUT2D eigenvalue weighted by atomic mass is 9.71. The van der Waals surface area contributed by atoms with Crippen molar-refractivity contribution in [1.82, 2.24) is 15.1 Å². The molecule has 0 aliphatic carbocycles. The van der Waals surface area contributed by atoms with Gasteiger partial charge in [0.15, 0.2) is 0 Å². The van der Waals surface area contributed by atoms with E-state index < -0.39 is 0 Å². The fraction of sp³-hybridized carbons (Fsp3) is 0.933. The molecule has 0 spiro atoms. The van der Waals surface area contributed by atoms with Crippen LogP contribution in [0, 0.1) is 5.92 Å². The smallest absolute Gasteiger partial charge is 0.328 e. The third-order valence-electron chi connectivity index (χ3n) is 5.26. The van der Waals surface area contributed by atoms with E-state index in [1.54, 1.807) is 0 Å². The van der Waals surface area contributed by atoms with E-state index in [2.05, 4.69) is 15.1 Å². The number of hydrogen-bond donors (Lipinski definition) is 1. The molecular formula is C15H27N3O2. The summed E-state index contributed by atoms with van der Waals surface area (Å²) in [6.07, 6.45) is 3.40. The van der Waals surface area contributed by atoms with Crippen molar-refractivity contribution in [1.29, 1.82) is 0 Å². The molecule has 5 nitrogen and oxygen atoms in total. The van der Waals surface area contributed by atoms with Crippen molar-refractivity contribution in [3.63, 3.8) is 0 Å². The van der Waals surface area contributed by atoms with Crippen molar-refractivity contribution in [2.24, 2.45) is 5.92 Å². The summed E-state index contributed by atoms with van der Waals surface area (Å²) in [6, 6.07) is 0. The molecule has 0 aromatic carbocycles. The van der Waals surface area contributed by atoms with Crippen LogP contribution in [0.1, 0.15) is 26.2 Å². The highest BCUT2D eigenvalue weighted by atomic mass is 16.5. The van der Waals surface area contributed by atoms with Gasteiger partial charge < -0.3 is 15.0 Å². The predicted octanol–water partition coefficient (Wildman–Crippen LogP) is 0.309. The van der Waals surface area contributed by atoms with Gasteiger partial charge in [0.05, 0.1) is 6.61 Å². The quantitative estimate of drug-likeness (QED) is 0.754. The van der Waals surface area contributed by atoms with Crippen LogP contribution < -0.4 is 5.32 Å². The Morgan fingerprint density at radius 1 is 1.25 bits per heavy atom. The van der Waals surface area contributed by atoms with E-state index in [-0.39, 0.29) is 11.5 Å². The Kier molecular flexibility index (Phi) is 4.29. The molecule has 0 saturated carbocycles. The summed E-state index contributed by atoms with van der Waals surface area (Å²) in [5.41, 5.74) is -0.376. The second kappa shape index (κ2) is 6.00. The van der Waals surface area contributed by atoms with Crippen LogP contribution in [0.25, 0.3) is 0 Å². The number of ether oxygens (including phenoxy) is 1. The van der Waals surface area contributed by atoms with Gasteiger partial charge in [0, 0.05) is 26.2 Å². The average Bonchev–Trinajstić information content (AvgIpc) is 2.77. The van der Waals surface area contributed by atoms with E-state index in [1.165, 1.54) is 0 Å². The number of piperidine rings is 3. The van der Waals surface area contributed by atoms with Gasteiger partial charge in [-0.25, -0.2) is 4.79 Å². The first-order valence-corrected chi connectivity index (χ1v) is 8.12. The first kappa shape index (κ1) is 14.3. The summed E-state index contributed by atoms with van der Waals surface area (Å²) < 4.78 is 5.50. The topological polar surface area (TPSA) is 44.8 Å². The molecule has 4 aliphatic heterocycles. The molecule has 4 fully saturated rings. The lowest BCUT2D eigenvalue weighted by Crippen LogP contribution is -2.71. The number of fused-ring (bicyclic) bond motifs is 3. The van der Waals surface area contributed by atoms with Crippen LogP contribution in [0.15, 0.2) is 0 Å². The van der Waals surface area contributed by atoms with Gasteiger partial charge >= 0.3 is 5.97 Å². The summed E-state index contributed by atoms with van der Waals surface area (Å²) in [5.74, 6) is 0.501. The molecule has 5 heteroatoms. The Hall–Kier alpha value is -0.650. The third kappa shape index (κ3) is 2.36. The number of esters is 1. The molecule has 0 amide bonds. The van der Waals surface area contributed by atoms with Crippen LogP contribution >= 0.6 is 0 Å². The van der Waals surface area contributed by atoms with Gasteiger partial charge in [0.2, 0.25) is 0 Å². The molecule has 0 aromatic rings. The van der Waals surface area contributed by atoms with E-state index in [0.717, 1.165) is 65.1 Å². The van der Waals surface area contributed by atoms with E-state index in [0.29, 0.717) is 12.5 Å². The Labute approximate surface area is 121 Å². The fourth-order valence-electron chi connectivity index (χ4n) is 4.26. The van der Waals surface area contributed by atoms with Crippen LogP contribution in [0.4, 0.5) is 0 Å². The van der Waals surface area contributed by atoms with E-state index >= 15 is 0 Å². The molecular weight excluding hydrogens is 254 g/mol. The molecule has 2 bridgehead atoms. The normalized spacial score (nSPS) is 38.5. The van der Waals surface area contributed by atoms with Crippen molar-refractivity contribution in [2.45, 2.75) is 31.7 Å². The van der Waals surface area contributed by atoms with Crippen molar-refractivity contribution < 1.29 is 9.53 Å². The van der Waals surface area contributed by atoms with Gasteiger partial charge in [-0.2, -0.15) is 0 Å². The van der Waals surface area contributed by atoms with Crippen LogP contribution in [0.5, 0.6) is 0 Å². The molecule has 4 rings (SSSR count). The minimum Gasteiger partial charge on any atom is -0.465 e. The maximum Gasteiger partial charge on any atom is 0.328 e. The van der Waals surface area contributed by atoms with Crippen LogP contribution in [-0.2, 0) is 9.53 Å². The first-order valence-electron chi connectivity index (χ1n) is 8.12. The molecule has 114 valence electrons. The molecule has 1 N–H and O–H groups in total. The molecule has 20 heavy (non-hydrogen) atoms. The summed E-state index contributed by atoms with van der Waals surface area (Å²) >= 11 is 0. The summed E-state index contributed by atoms with van der Waals surface area (Å²) in [7, 11) is 0. The molecule has 0 aromatic heterocycles. The van der Waals surface area contributed by atoms with Crippen molar-refractivity contribution in [2.75, 3.05) is 52.4 Å². The zero-order valence-corrected chi connectivity index (χ0v) is 12.6.